The molecule has 2 nitrogen and oxygen atoms in total. The van der Waals surface area contributed by atoms with Crippen LogP contribution in [0.4, 0.5) is 0 Å². The van der Waals surface area contributed by atoms with Gasteiger partial charge in [-0.1, -0.05) is 166 Å². The summed E-state index contributed by atoms with van der Waals surface area (Å²) in [6.45, 7) is 4.72. The normalized spacial score (nSPS) is 14.0. The van der Waals surface area contributed by atoms with E-state index in [0.29, 0.717) is 5.56 Å². The van der Waals surface area contributed by atoms with Gasteiger partial charge in [0.2, 0.25) is 0 Å². The van der Waals surface area contributed by atoms with E-state index in [2.05, 4.69) is 178 Å². The summed E-state index contributed by atoms with van der Waals surface area (Å²) in [6.07, 6.45) is 0. The van der Waals surface area contributed by atoms with Crippen LogP contribution in [0, 0.1) is 11.3 Å². The average Bonchev–Trinajstić information content (AvgIpc) is 3.53. The van der Waals surface area contributed by atoms with Crippen molar-refractivity contribution >= 4 is 0 Å². The number of hydrogen-bond acceptors (Lipinski definition) is 2. The molecule has 0 atom stereocenters. The number of nitriles is 1. The molecule has 0 amide bonds. The Labute approximate surface area is 316 Å². The van der Waals surface area contributed by atoms with Crippen molar-refractivity contribution in [2.24, 2.45) is 0 Å². The van der Waals surface area contributed by atoms with Crippen LogP contribution in [-0.2, 0) is 10.8 Å². The highest BCUT2D eigenvalue weighted by molar-refractivity contribution is 5.90. The molecule has 54 heavy (non-hydrogen) atoms. The summed E-state index contributed by atoms with van der Waals surface area (Å²) in [5.74, 6) is 0. The third kappa shape index (κ3) is 4.69. The molecule has 8 aromatic rings. The molecule has 0 radical (unpaired) electrons. The number of nitrogens with zero attached hydrogens (tertiary/aromatic N) is 2. The zero-order valence-corrected chi connectivity index (χ0v) is 30.2. The van der Waals surface area contributed by atoms with E-state index in [9.17, 15) is 5.26 Å². The van der Waals surface area contributed by atoms with Crippen molar-refractivity contribution in [1.82, 2.24) is 4.98 Å². The predicted molar refractivity (Wildman–Crippen MR) is 220 cm³/mol. The fourth-order valence-corrected chi connectivity index (χ4v) is 9.24. The highest BCUT2D eigenvalue weighted by atomic mass is 14.7. The second-order valence-electron chi connectivity index (χ2n) is 15.0. The van der Waals surface area contributed by atoms with Gasteiger partial charge in [-0.05, 0) is 97.1 Å². The van der Waals surface area contributed by atoms with E-state index in [1.807, 2.05) is 24.3 Å². The first-order valence-electron chi connectivity index (χ1n) is 18.6. The molecule has 0 bridgehead atoms. The van der Waals surface area contributed by atoms with Crippen LogP contribution in [0.1, 0.15) is 52.8 Å². The van der Waals surface area contributed by atoms with Crippen molar-refractivity contribution in [2.45, 2.75) is 24.7 Å². The maximum Gasteiger partial charge on any atom is 0.0991 e. The molecule has 0 saturated carbocycles. The van der Waals surface area contributed by atoms with Gasteiger partial charge < -0.3 is 0 Å². The van der Waals surface area contributed by atoms with Crippen LogP contribution in [0.5, 0.6) is 0 Å². The van der Waals surface area contributed by atoms with Crippen LogP contribution in [0.2, 0.25) is 0 Å². The van der Waals surface area contributed by atoms with Crippen molar-refractivity contribution in [3.8, 4) is 62.0 Å². The van der Waals surface area contributed by atoms with Crippen LogP contribution in [0.15, 0.2) is 182 Å². The lowest BCUT2D eigenvalue weighted by Gasteiger charge is -2.46. The first-order chi connectivity index (χ1) is 26.5. The Bertz CT molecular complexity index is 2750. The predicted octanol–water partition coefficient (Wildman–Crippen LogP) is 12.6. The summed E-state index contributed by atoms with van der Waals surface area (Å²) in [7, 11) is 0. The maximum absolute atomic E-state index is 9.79. The Morgan fingerprint density at radius 3 is 1.59 bits per heavy atom. The molecule has 2 aliphatic carbocycles. The second kappa shape index (κ2) is 12.1. The summed E-state index contributed by atoms with van der Waals surface area (Å²) >= 11 is 0. The van der Waals surface area contributed by atoms with E-state index in [4.69, 9.17) is 4.98 Å². The third-order valence-electron chi connectivity index (χ3n) is 11.8. The van der Waals surface area contributed by atoms with E-state index in [-0.39, 0.29) is 5.41 Å². The smallest absolute Gasteiger partial charge is 0.0991 e. The summed E-state index contributed by atoms with van der Waals surface area (Å²) in [4.78, 5) is 5.40. The Morgan fingerprint density at radius 2 is 0.907 bits per heavy atom. The quantitative estimate of drug-likeness (QED) is 0.185. The first-order valence-corrected chi connectivity index (χ1v) is 18.6. The van der Waals surface area contributed by atoms with Crippen LogP contribution < -0.4 is 0 Å². The molecule has 254 valence electrons. The Hall–Kier alpha value is -6.82. The summed E-state index contributed by atoms with van der Waals surface area (Å²) < 4.78 is 0. The van der Waals surface area contributed by atoms with Crippen LogP contribution in [0.25, 0.3) is 55.9 Å². The van der Waals surface area contributed by atoms with E-state index in [0.717, 1.165) is 39.2 Å². The lowest BCUT2D eigenvalue weighted by atomic mass is 9.55. The molecule has 2 heteroatoms. The minimum absolute atomic E-state index is 0.160. The van der Waals surface area contributed by atoms with Crippen LogP contribution >= 0.6 is 0 Å². The van der Waals surface area contributed by atoms with Gasteiger partial charge in [-0.2, -0.15) is 5.26 Å². The lowest BCUT2D eigenvalue weighted by molar-refractivity contribution is 0.563. The highest BCUT2D eigenvalue weighted by Gasteiger charge is 2.53. The van der Waals surface area contributed by atoms with Gasteiger partial charge in [0.05, 0.1) is 28.4 Å². The molecule has 0 aliphatic heterocycles. The molecule has 0 saturated heterocycles. The molecule has 1 spiro atoms. The van der Waals surface area contributed by atoms with Crippen LogP contribution in [-0.4, -0.2) is 4.98 Å². The summed E-state index contributed by atoms with van der Waals surface area (Å²) in [5, 5.41) is 9.79. The van der Waals surface area contributed by atoms with Gasteiger partial charge >= 0.3 is 0 Å². The molecule has 2 aliphatic rings. The molecular formula is C52H36N2. The monoisotopic (exact) mass is 688 g/mol. The average molecular weight is 689 g/mol. The Kier molecular flexibility index (Phi) is 7.16. The van der Waals surface area contributed by atoms with Gasteiger partial charge in [-0.25, -0.2) is 4.98 Å². The van der Waals surface area contributed by atoms with E-state index >= 15 is 0 Å². The molecule has 10 rings (SSSR count). The number of hydrogen-bond donors (Lipinski definition) is 0. The van der Waals surface area contributed by atoms with Crippen molar-refractivity contribution in [1.29, 1.82) is 5.26 Å². The maximum atomic E-state index is 9.79. The van der Waals surface area contributed by atoms with Crippen LogP contribution in [0.3, 0.4) is 0 Å². The Morgan fingerprint density at radius 1 is 0.389 bits per heavy atom. The van der Waals surface area contributed by atoms with Gasteiger partial charge in [-0.15, -0.1) is 0 Å². The zero-order valence-electron chi connectivity index (χ0n) is 30.2. The Balaban J connectivity index is 1.21. The summed E-state index contributed by atoms with van der Waals surface area (Å²) in [5.41, 5.74) is 18.7. The summed E-state index contributed by atoms with van der Waals surface area (Å²) in [6, 6.07) is 67.7. The molecule has 1 aromatic heterocycles. The molecule has 0 unspecified atom stereocenters. The number of fused-ring (bicyclic) bond motifs is 9. The van der Waals surface area contributed by atoms with Gasteiger partial charge in [-0.3, -0.25) is 0 Å². The van der Waals surface area contributed by atoms with Gasteiger partial charge in [0.25, 0.3) is 0 Å². The van der Waals surface area contributed by atoms with Gasteiger partial charge in [0.1, 0.15) is 0 Å². The minimum Gasteiger partial charge on any atom is -0.248 e. The highest BCUT2D eigenvalue weighted by Crippen LogP contribution is 2.62. The molecule has 0 N–H and O–H groups in total. The molecule has 1 heterocycles. The van der Waals surface area contributed by atoms with Crippen molar-refractivity contribution in [3.63, 3.8) is 0 Å². The minimum atomic E-state index is -0.487. The number of rotatable bonds is 4. The van der Waals surface area contributed by atoms with E-state index in [1.54, 1.807) is 0 Å². The number of pyridine rings is 1. The fraction of sp³-hybridized carbons (Fsp3) is 0.0769. The number of benzene rings is 7. The molecule has 0 fully saturated rings. The largest absolute Gasteiger partial charge is 0.248 e. The molecular weight excluding hydrogens is 653 g/mol. The topological polar surface area (TPSA) is 36.7 Å². The van der Waals surface area contributed by atoms with E-state index in [1.165, 1.54) is 50.1 Å². The van der Waals surface area contributed by atoms with Gasteiger partial charge in [0, 0.05) is 16.5 Å². The van der Waals surface area contributed by atoms with Crippen molar-refractivity contribution < 1.29 is 0 Å². The third-order valence-corrected chi connectivity index (χ3v) is 11.8. The van der Waals surface area contributed by atoms with Crippen molar-refractivity contribution in [3.05, 3.63) is 221 Å². The first kappa shape index (κ1) is 31.9. The standard InChI is InChI=1S/C52H36N2/c1-51(2)44-19-8-10-21-46(44)52(47-22-11-9-20-45(47)51)43-18-7-6-17-41(43)42-28-27-39(30-48(42)52)50-32-40(38-16-12-13-34(29-38)33-53)31-49(54-50)37-25-23-36(24-26-37)35-14-4-3-5-15-35/h3-32H,1-2H3. The zero-order chi connectivity index (χ0) is 36.4. The number of aromatic nitrogens is 1. The van der Waals surface area contributed by atoms with Gasteiger partial charge in [0.15, 0.2) is 0 Å². The fourth-order valence-electron chi connectivity index (χ4n) is 9.24. The SMILES string of the molecule is CC1(C)c2ccccc2C2(c3ccccc3-c3ccc(-c4cc(-c5cccc(C#N)c5)cc(-c5ccc(-c6ccccc6)cc5)n4)cc32)c2ccccc21. The molecule has 7 aromatic carbocycles. The van der Waals surface area contributed by atoms with Crippen molar-refractivity contribution in [2.75, 3.05) is 0 Å². The van der Waals surface area contributed by atoms with E-state index < -0.39 is 5.41 Å². The lowest BCUT2D eigenvalue weighted by Crippen LogP contribution is -2.40. The second-order valence-corrected chi connectivity index (χ2v) is 15.0.